The van der Waals surface area contributed by atoms with E-state index >= 15 is 0 Å². The lowest BCUT2D eigenvalue weighted by Gasteiger charge is -2.20. The van der Waals surface area contributed by atoms with Crippen molar-refractivity contribution in [3.8, 4) is 0 Å². The maximum Gasteiger partial charge on any atom is 0.236 e. The van der Waals surface area contributed by atoms with Gasteiger partial charge in [0.2, 0.25) is 5.91 Å². The minimum atomic E-state index is -0.406. The number of carbonyl (C=O) groups is 1. The second kappa shape index (κ2) is 5.14. The topological polar surface area (TPSA) is 55.1 Å². The van der Waals surface area contributed by atoms with Crippen LogP contribution in [0.5, 0.6) is 0 Å². The van der Waals surface area contributed by atoms with Crippen LogP contribution in [0.25, 0.3) is 0 Å². The summed E-state index contributed by atoms with van der Waals surface area (Å²) in [7, 11) is 0. The minimum absolute atomic E-state index is 0.0669. The Hall–Kier alpha value is -0.570. The van der Waals surface area contributed by atoms with E-state index in [0.29, 0.717) is 5.92 Å². The van der Waals surface area contributed by atoms with E-state index in [-0.39, 0.29) is 11.9 Å². The predicted octanol–water partition coefficient (Wildman–Crippen LogP) is 0.884. The summed E-state index contributed by atoms with van der Waals surface area (Å²) in [6.07, 6.45) is 1.07. The van der Waals surface area contributed by atoms with Gasteiger partial charge in [0.15, 0.2) is 0 Å². The Morgan fingerprint density at radius 3 is 2.25 bits per heavy atom. The van der Waals surface area contributed by atoms with E-state index in [2.05, 4.69) is 19.2 Å². The summed E-state index contributed by atoms with van der Waals surface area (Å²) in [6, 6.07) is -0.190. The van der Waals surface area contributed by atoms with E-state index in [1.54, 1.807) is 6.92 Å². The van der Waals surface area contributed by atoms with Gasteiger partial charge >= 0.3 is 0 Å². The van der Waals surface area contributed by atoms with Crippen LogP contribution < -0.4 is 11.1 Å². The summed E-state index contributed by atoms with van der Waals surface area (Å²) in [5.74, 6) is 0.440. The molecule has 3 N–H and O–H groups in total. The third-order valence-electron chi connectivity index (χ3n) is 2.28. The molecule has 0 aliphatic rings. The molecule has 3 unspecified atom stereocenters. The molecule has 0 aromatic heterocycles. The van der Waals surface area contributed by atoms with Gasteiger partial charge in [-0.3, -0.25) is 4.79 Å². The summed E-state index contributed by atoms with van der Waals surface area (Å²) >= 11 is 0. The normalized spacial score (nSPS) is 18.1. The number of nitrogens with one attached hydrogen (secondary N) is 1. The largest absolute Gasteiger partial charge is 0.352 e. The van der Waals surface area contributed by atoms with Gasteiger partial charge in [-0.25, -0.2) is 0 Å². The highest BCUT2D eigenvalue weighted by Gasteiger charge is 2.14. The molecule has 0 radical (unpaired) electrons. The molecule has 0 aromatic rings. The van der Waals surface area contributed by atoms with E-state index in [9.17, 15) is 4.79 Å². The van der Waals surface area contributed by atoms with Crippen LogP contribution in [-0.4, -0.2) is 18.0 Å². The first-order valence-corrected chi connectivity index (χ1v) is 4.55. The number of hydrogen-bond acceptors (Lipinski definition) is 2. The average Bonchev–Trinajstić information content (AvgIpc) is 2.02. The molecular weight excluding hydrogens is 152 g/mol. The second-order valence-corrected chi connectivity index (χ2v) is 3.47. The highest BCUT2D eigenvalue weighted by Crippen LogP contribution is 2.06. The molecule has 0 bridgehead atoms. The Morgan fingerprint density at radius 1 is 1.42 bits per heavy atom. The number of carbonyl (C=O) groups excluding carboxylic acids is 1. The third kappa shape index (κ3) is 3.72. The quantitative estimate of drug-likeness (QED) is 0.661. The molecule has 0 rings (SSSR count). The maximum atomic E-state index is 11.1. The van der Waals surface area contributed by atoms with E-state index in [1.807, 2.05) is 6.92 Å². The fraction of sp³-hybridized carbons (Fsp3) is 0.889. The predicted molar refractivity (Wildman–Crippen MR) is 50.7 cm³/mol. The lowest BCUT2D eigenvalue weighted by molar-refractivity contribution is -0.122. The molecule has 3 nitrogen and oxygen atoms in total. The monoisotopic (exact) mass is 172 g/mol. The van der Waals surface area contributed by atoms with Gasteiger partial charge in [0.1, 0.15) is 0 Å². The van der Waals surface area contributed by atoms with Crippen LogP contribution in [0, 0.1) is 5.92 Å². The molecule has 0 saturated heterocycles. The lowest BCUT2D eigenvalue weighted by atomic mass is 10.0. The smallest absolute Gasteiger partial charge is 0.236 e. The number of hydrogen-bond donors (Lipinski definition) is 2. The number of amides is 1. The van der Waals surface area contributed by atoms with Gasteiger partial charge in [0, 0.05) is 6.04 Å². The Kier molecular flexibility index (Phi) is 4.90. The molecule has 0 spiro atoms. The molecule has 0 saturated carbocycles. The standard InChI is InChI=1S/C9H20N2O/c1-5-6(2)8(4)11-9(12)7(3)10/h6-8H,5,10H2,1-4H3,(H,11,12). The second-order valence-electron chi connectivity index (χ2n) is 3.47. The van der Waals surface area contributed by atoms with Gasteiger partial charge in [0.05, 0.1) is 6.04 Å². The van der Waals surface area contributed by atoms with Crippen LogP contribution in [0.1, 0.15) is 34.1 Å². The summed E-state index contributed by atoms with van der Waals surface area (Å²) in [4.78, 5) is 11.1. The van der Waals surface area contributed by atoms with Gasteiger partial charge in [-0.1, -0.05) is 20.3 Å². The van der Waals surface area contributed by atoms with E-state index in [4.69, 9.17) is 5.73 Å². The van der Waals surface area contributed by atoms with Crippen molar-refractivity contribution in [1.29, 1.82) is 0 Å². The minimum Gasteiger partial charge on any atom is -0.352 e. The molecule has 0 aliphatic heterocycles. The first-order chi connectivity index (χ1) is 5.49. The molecule has 72 valence electrons. The summed E-state index contributed by atoms with van der Waals surface area (Å²) in [5.41, 5.74) is 5.41. The van der Waals surface area contributed by atoms with Crippen molar-refractivity contribution in [2.75, 3.05) is 0 Å². The van der Waals surface area contributed by atoms with Gasteiger partial charge in [-0.2, -0.15) is 0 Å². The highest BCUT2D eigenvalue weighted by molar-refractivity contribution is 5.81. The Balaban J connectivity index is 3.83. The average molecular weight is 172 g/mol. The molecule has 3 atom stereocenters. The van der Waals surface area contributed by atoms with Crippen molar-refractivity contribution in [3.63, 3.8) is 0 Å². The van der Waals surface area contributed by atoms with Gasteiger partial charge in [-0.05, 0) is 19.8 Å². The molecular formula is C9H20N2O. The maximum absolute atomic E-state index is 11.1. The number of rotatable bonds is 4. The van der Waals surface area contributed by atoms with Crippen LogP contribution in [0.3, 0.4) is 0 Å². The SMILES string of the molecule is CCC(C)C(C)NC(=O)C(C)N. The first kappa shape index (κ1) is 11.4. The molecule has 12 heavy (non-hydrogen) atoms. The molecule has 0 aliphatic carbocycles. The van der Waals surface area contributed by atoms with Gasteiger partial charge in [0.25, 0.3) is 0 Å². The molecule has 0 aromatic carbocycles. The van der Waals surface area contributed by atoms with Crippen LogP contribution in [-0.2, 0) is 4.79 Å². The molecule has 0 fully saturated rings. The Bertz CT molecular complexity index is 145. The van der Waals surface area contributed by atoms with Crippen molar-refractivity contribution in [1.82, 2.24) is 5.32 Å². The lowest BCUT2D eigenvalue weighted by Crippen LogP contribution is -2.44. The van der Waals surface area contributed by atoms with Gasteiger partial charge < -0.3 is 11.1 Å². The van der Waals surface area contributed by atoms with Crippen molar-refractivity contribution in [3.05, 3.63) is 0 Å². The fourth-order valence-corrected chi connectivity index (χ4v) is 0.852. The van der Waals surface area contributed by atoms with Crippen molar-refractivity contribution in [2.45, 2.75) is 46.2 Å². The van der Waals surface area contributed by atoms with Crippen molar-refractivity contribution >= 4 is 5.91 Å². The summed E-state index contributed by atoms with van der Waals surface area (Å²) in [6.45, 7) is 7.93. The third-order valence-corrected chi connectivity index (χ3v) is 2.28. The van der Waals surface area contributed by atoms with Crippen LogP contribution in [0.4, 0.5) is 0 Å². The zero-order chi connectivity index (χ0) is 9.72. The summed E-state index contributed by atoms with van der Waals surface area (Å²) in [5, 5.41) is 2.87. The Labute approximate surface area is 74.7 Å². The van der Waals surface area contributed by atoms with Crippen LogP contribution >= 0.6 is 0 Å². The zero-order valence-electron chi connectivity index (χ0n) is 8.42. The Morgan fingerprint density at radius 2 is 1.92 bits per heavy atom. The zero-order valence-corrected chi connectivity index (χ0v) is 8.42. The van der Waals surface area contributed by atoms with Crippen LogP contribution in [0.15, 0.2) is 0 Å². The number of nitrogens with two attached hydrogens (primary N) is 1. The van der Waals surface area contributed by atoms with Crippen LogP contribution in [0.2, 0.25) is 0 Å². The van der Waals surface area contributed by atoms with Crippen molar-refractivity contribution in [2.24, 2.45) is 11.7 Å². The van der Waals surface area contributed by atoms with Gasteiger partial charge in [-0.15, -0.1) is 0 Å². The van der Waals surface area contributed by atoms with E-state index in [1.165, 1.54) is 0 Å². The molecule has 1 amide bonds. The summed E-state index contributed by atoms with van der Waals surface area (Å²) < 4.78 is 0. The molecule has 0 heterocycles. The highest BCUT2D eigenvalue weighted by atomic mass is 16.2. The first-order valence-electron chi connectivity index (χ1n) is 4.55. The van der Waals surface area contributed by atoms with E-state index in [0.717, 1.165) is 6.42 Å². The fourth-order valence-electron chi connectivity index (χ4n) is 0.852. The molecule has 3 heteroatoms. The van der Waals surface area contributed by atoms with E-state index < -0.39 is 6.04 Å². The van der Waals surface area contributed by atoms with Crippen molar-refractivity contribution < 1.29 is 4.79 Å².